The summed E-state index contributed by atoms with van der Waals surface area (Å²) in [6.07, 6.45) is 1.34. The fraction of sp³-hybridized carbons (Fsp3) is 0.850. The lowest BCUT2D eigenvalue weighted by Crippen LogP contribution is -2.32. The quantitative estimate of drug-likeness (QED) is 0.212. The Balaban J connectivity index is 3.29. The molecule has 0 spiro atoms. The summed E-state index contributed by atoms with van der Waals surface area (Å²) in [5.41, 5.74) is -0.523. The Bertz CT molecular complexity index is 476. The Morgan fingerprint density at radius 1 is 0.897 bits per heavy atom. The van der Waals surface area contributed by atoms with E-state index in [1.54, 1.807) is 20.8 Å². The van der Waals surface area contributed by atoms with Crippen molar-refractivity contribution in [1.82, 2.24) is 5.32 Å². The van der Waals surface area contributed by atoms with Crippen molar-refractivity contribution < 1.29 is 33.6 Å². The molecule has 9 heteroatoms. The first-order valence-electron chi connectivity index (χ1n) is 10.1. The molecule has 0 heterocycles. The summed E-state index contributed by atoms with van der Waals surface area (Å²) in [4.78, 5) is 26.0. The molecule has 0 aromatic rings. The van der Waals surface area contributed by atoms with Crippen LogP contribution < -0.4 is 10.4 Å². The van der Waals surface area contributed by atoms with Gasteiger partial charge in [0.05, 0.1) is 26.4 Å². The van der Waals surface area contributed by atoms with Gasteiger partial charge in [-0.1, -0.05) is 20.8 Å². The maximum Gasteiger partial charge on any atom is 0.220 e. The summed E-state index contributed by atoms with van der Waals surface area (Å²) in [5, 5.41) is 14.1. The Kier molecular flexibility index (Phi) is 16.2. The van der Waals surface area contributed by atoms with Gasteiger partial charge in [0, 0.05) is 44.7 Å². The smallest absolute Gasteiger partial charge is 0.220 e. The van der Waals surface area contributed by atoms with Crippen molar-refractivity contribution in [3.8, 4) is 0 Å². The fourth-order valence-electron chi connectivity index (χ4n) is 1.95. The van der Waals surface area contributed by atoms with E-state index in [4.69, 9.17) is 18.9 Å². The van der Waals surface area contributed by atoms with Crippen LogP contribution in [0.3, 0.4) is 0 Å². The number of amides is 1. The van der Waals surface area contributed by atoms with Crippen LogP contribution in [0.25, 0.3) is 0 Å². The van der Waals surface area contributed by atoms with Gasteiger partial charge in [-0.15, -0.1) is 0 Å². The van der Waals surface area contributed by atoms with Gasteiger partial charge < -0.3 is 34.2 Å². The SMILES string of the molecule is CC(=O)CCC(=O)NCCCOCCOCCOCCCN=C([O-])OC(C)(C)C. The number of carbonyl (C=O) groups is 2. The Labute approximate surface area is 174 Å². The molecule has 0 unspecified atom stereocenters. The Morgan fingerprint density at radius 3 is 2.00 bits per heavy atom. The number of nitrogens with zero attached hydrogens (tertiary/aromatic N) is 1. The monoisotopic (exact) mass is 417 g/mol. The van der Waals surface area contributed by atoms with E-state index < -0.39 is 11.7 Å². The summed E-state index contributed by atoms with van der Waals surface area (Å²) in [7, 11) is 0. The summed E-state index contributed by atoms with van der Waals surface area (Å²) < 4.78 is 21.3. The maximum atomic E-state index is 11.4. The van der Waals surface area contributed by atoms with E-state index in [-0.39, 0.29) is 24.5 Å². The normalized spacial score (nSPS) is 12.1. The van der Waals surface area contributed by atoms with Crippen molar-refractivity contribution >= 4 is 17.8 Å². The van der Waals surface area contributed by atoms with Gasteiger partial charge in [-0.05, 0) is 19.8 Å². The van der Waals surface area contributed by atoms with Crippen LogP contribution in [0.2, 0.25) is 0 Å². The second-order valence-electron chi connectivity index (χ2n) is 7.46. The highest BCUT2D eigenvalue weighted by Gasteiger charge is 2.04. The molecule has 0 aliphatic carbocycles. The van der Waals surface area contributed by atoms with Crippen molar-refractivity contribution in [2.75, 3.05) is 52.7 Å². The lowest BCUT2D eigenvalue weighted by atomic mass is 10.2. The van der Waals surface area contributed by atoms with Crippen LogP contribution in [0, 0.1) is 0 Å². The van der Waals surface area contributed by atoms with Crippen LogP contribution in [-0.4, -0.2) is 76.1 Å². The molecule has 29 heavy (non-hydrogen) atoms. The minimum atomic E-state index is -0.545. The number of hydrogen-bond donors (Lipinski definition) is 1. The highest BCUT2D eigenvalue weighted by molar-refractivity contribution is 5.83. The van der Waals surface area contributed by atoms with Gasteiger partial charge in [0.15, 0.2) is 0 Å². The van der Waals surface area contributed by atoms with E-state index in [1.165, 1.54) is 6.92 Å². The van der Waals surface area contributed by atoms with Gasteiger partial charge in [-0.2, -0.15) is 0 Å². The number of carbonyl (C=O) groups excluding carboxylic acids is 2. The van der Waals surface area contributed by atoms with Crippen molar-refractivity contribution in [2.45, 2.75) is 59.0 Å². The molecule has 0 saturated heterocycles. The first kappa shape index (κ1) is 27.3. The van der Waals surface area contributed by atoms with E-state index in [2.05, 4.69) is 10.3 Å². The van der Waals surface area contributed by atoms with Crippen LogP contribution in [0.5, 0.6) is 0 Å². The molecule has 170 valence electrons. The molecular formula is C20H37N2O7-. The average Bonchev–Trinajstić information content (AvgIpc) is 2.61. The van der Waals surface area contributed by atoms with E-state index in [9.17, 15) is 14.7 Å². The van der Waals surface area contributed by atoms with E-state index in [0.29, 0.717) is 65.6 Å². The zero-order valence-electron chi connectivity index (χ0n) is 18.3. The molecule has 9 nitrogen and oxygen atoms in total. The van der Waals surface area contributed by atoms with Crippen LogP contribution in [-0.2, 0) is 28.5 Å². The molecule has 0 radical (unpaired) electrons. The van der Waals surface area contributed by atoms with Gasteiger partial charge in [0.1, 0.15) is 11.9 Å². The molecule has 1 N–H and O–H groups in total. The number of aliphatic imine (C=N–C) groups is 1. The zero-order valence-corrected chi connectivity index (χ0v) is 18.3. The van der Waals surface area contributed by atoms with E-state index >= 15 is 0 Å². The van der Waals surface area contributed by atoms with Crippen molar-refractivity contribution in [3.05, 3.63) is 0 Å². The minimum absolute atomic E-state index is 0.0163. The molecule has 0 aromatic carbocycles. The molecule has 0 aliphatic heterocycles. The summed E-state index contributed by atoms with van der Waals surface area (Å²) >= 11 is 0. The third-order valence-corrected chi connectivity index (χ3v) is 3.32. The highest BCUT2D eigenvalue weighted by atomic mass is 16.6. The lowest BCUT2D eigenvalue weighted by molar-refractivity contribution is -0.260. The fourth-order valence-corrected chi connectivity index (χ4v) is 1.95. The number of nitrogens with one attached hydrogen (secondary N) is 1. The topological polar surface area (TPSA) is 119 Å². The summed E-state index contributed by atoms with van der Waals surface area (Å²) in [5.74, 6) is -0.0929. The minimum Gasteiger partial charge on any atom is -0.595 e. The Morgan fingerprint density at radius 2 is 1.45 bits per heavy atom. The van der Waals surface area contributed by atoms with E-state index in [1.807, 2.05) is 0 Å². The van der Waals surface area contributed by atoms with Crippen molar-refractivity contribution in [3.63, 3.8) is 0 Å². The molecule has 0 bridgehead atoms. The van der Waals surface area contributed by atoms with E-state index in [0.717, 1.165) is 0 Å². The number of rotatable bonds is 17. The number of hydrogen-bond acceptors (Lipinski definition) is 8. The van der Waals surface area contributed by atoms with Gasteiger partial charge in [0.2, 0.25) is 5.91 Å². The molecule has 0 atom stereocenters. The molecule has 0 aromatic heterocycles. The number of ketones is 1. The summed E-state index contributed by atoms with van der Waals surface area (Å²) in [6.45, 7) is 10.7. The van der Waals surface area contributed by atoms with Gasteiger partial charge >= 0.3 is 0 Å². The standard InChI is InChI=1S/C20H38N2O7/c1-17(23)7-8-18(24)21-9-5-11-26-13-15-28-16-14-27-12-6-10-22-19(25)29-20(2,3)4/h5-16H2,1-4H3,(H,21,24)(H,22,25)/p-1. The number of ether oxygens (including phenoxy) is 4. The highest BCUT2D eigenvalue weighted by Crippen LogP contribution is 2.05. The van der Waals surface area contributed by atoms with Crippen LogP contribution >= 0.6 is 0 Å². The third-order valence-electron chi connectivity index (χ3n) is 3.32. The van der Waals surface area contributed by atoms with Crippen molar-refractivity contribution in [1.29, 1.82) is 0 Å². The maximum absolute atomic E-state index is 11.4. The Hall–Kier alpha value is -1.71. The molecule has 1 amide bonds. The predicted molar refractivity (Wildman–Crippen MR) is 108 cm³/mol. The van der Waals surface area contributed by atoms with Gasteiger partial charge in [-0.25, -0.2) is 0 Å². The first-order valence-corrected chi connectivity index (χ1v) is 10.1. The zero-order chi connectivity index (χ0) is 22.0. The molecule has 0 rings (SSSR count). The lowest BCUT2D eigenvalue weighted by Gasteiger charge is -2.29. The second-order valence-corrected chi connectivity index (χ2v) is 7.46. The molecule has 0 fully saturated rings. The van der Waals surface area contributed by atoms with Gasteiger partial charge in [-0.3, -0.25) is 9.79 Å². The van der Waals surface area contributed by atoms with Gasteiger partial charge in [0.25, 0.3) is 0 Å². The van der Waals surface area contributed by atoms with Crippen LogP contribution in [0.15, 0.2) is 4.99 Å². The molecule has 0 saturated carbocycles. The predicted octanol–water partition coefficient (Wildman–Crippen LogP) is 0.833. The molecule has 0 aliphatic rings. The third kappa shape index (κ3) is 22.4. The largest absolute Gasteiger partial charge is 0.595 e. The van der Waals surface area contributed by atoms with Crippen molar-refractivity contribution in [2.24, 2.45) is 4.99 Å². The number of Topliss-reactive ketones (excluding diaryl/α,β-unsaturated/α-hetero) is 1. The average molecular weight is 418 g/mol. The summed E-state index contributed by atoms with van der Waals surface area (Å²) in [6, 6.07) is 0. The van der Waals surface area contributed by atoms with Crippen LogP contribution in [0.1, 0.15) is 53.4 Å². The second kappa shape index (κ2) is 17.2. The first-order chi connectivity index (χ1) is 13.7. The molecular weight excluding hydrogens is 380 g/mol. The van der Waals surface area contributed by atoms with Crippen LogP contribution in [0.4, 0.5) is 0 Å².